The van der Waals surface area contributed by atoms with Gasteiger partial charge in [-0.25, -0.2) is 5.10 Å². The van der Waals surface area contributed by atoms with Gasteiger partial charge in [-0.15, -0.1) is 0 Å². The van der Waals surface area contributed by atoms with Crippen molar-refractivity contribution in [1.82, 2.24) is 30.4 Å². The molecule has 0 spiro atoms. The van der Waals surface area contributed by atoms with Crippen LogP contribution in [0.4, 0.5) is 11.6 Å². The van der Waals surface area contributed by atoms with E-state index in [0.717, 1.165) is 0 Å². The lowest BCUT2D eigenvalue weighted by atomic mass is 9.94. The van der Waals surface area contributed by atoms with E-state index in [0.29, 0.717) is 38.6 Å². The number of halogens is 2. The van der Waals surface area contributed by atoms with Gasteiger partial charge in [0.1, 0.15) is 17.4 Å². The first-order valence-electron chi connectivity index (χ1n) is 7.80. The third-order valence-corrected chi connectivity index (χ3v) is 4.84. The van der Waals surface area contributed by atoms with Crippen LogP contribution in [0, 0.1) is 0 Å². The summed E-state index contributed by atoms with van der Waals surface area (Å²) in [5.41, 5.74) is 1.51. The minimum absolute atomic E-state index is 0.273. The van der Waals surface area contributed by atoms with Crippen LogP contribution in [0.5, 0.6) is 0 Å². The molecule has 1 aliphatic heterocycles. The van der Waals surface area contributed by atoms with Crippen molar-refractivity contribution in [1.29, 1.82) is 0 Å². The van der Waals surface area contributed by atoms with Crippen molar-refractivity contribution in [3.8, 4) is 11.5 Å². The number of rotatable bonds is 2. The van der Waals surface area contributed by atoms with Crippen LogP contribution in [0.2, 0.25) is 10.0 Å². The third kappa shape index (κ3) is 2.43. The van der Waals surface area contributed by atoms with E-state index in [1.165, 1.54) is 10.9 Å². The van der Waals surface area contributed by atoms with Crippen LogP contribution >= 0.6 is 23.2 Å². The lowest BCUT2D eigenvalue weighted by Gasteiger charge is -2.27. The lowest BCUT2D eigenvalue weighted by Crippen LogP contribution is -2.29. The SMILES string of the molecule is O=c1[nH]nc(-c2ccco2)c2c1Nc1nnnn1C2c1ccc(Cl)cc1Cl. The molecule has 3 aromatic heterocycles. The summed E-state index contributed by atoms with van der Waals surface area (Å²) in [4.78, 5) is 12.5. The van der Waals surface area contributed by atoms with Gasteiger partial charge in [0.2, 0.25) is 5.95 Å². The molecule has 9 nitrogen and oxygen atoms in total. The van der Waals surface area contributed by atoms with E-state index in [-0.39, 0.29) is 5.69 Å². The molecule has 0 saturated carbocycles. The third-order valence-electron chi connectivity index (χ3n) is 4.28. The molecule has 1 aromatic carbocycles. The number of hydrogen-bond acceptors (Lipinski definition) is 7. The number of tetrazole rings is 1. The predicted molar refractivity (Wildman–Crippen MR) is 97.4 cm³/mol. The van der Waals surface area contributed by atoms with Crippen LogP contribution in [0.3, 0.4) is 0 Å². The first-order valence-corrected chi connectivity index (χ1v) is 8.55. The van der Waals surface area contributed by atoms with Gasteiger partial charge < -0.3 is 9.73 Å². The summed E-state index contributed by atoms with van der Waals surface area (Å²) in [6, 6.07) is 7.97. The number of H-pyrrole nitrogens is 1. The number of furan rings is 1. The number of benzene rings is 1. The molecule has 0 radical (unpaired) electrons. The Morgan fingerprint density at radius 3 is 2.89 bits per heavy atom. The summed E-state index contributed by atoms with van der Waals surface area (Å²) in [6.45, 7) is 0. The Balaban J connectivity index is 1.86. The molecule has 0 amide bonds. The first kappa shape index (κ1) is 16.0. The van der Waals surface area contributed by atoms with Gasteiger partial charge in [0, 0.05) is 21.2 Å². The molecule has 0 saturated heterocycles. The summed E-state index contributed by atoms with van der Waals surface area (Å²) in [5, 5.41) is 22.2. The number of anilines is 2. The molecule has 0 bridgehead atoms. The van der Waals surface area contributed by atoms with Crippen molar-refractivity contribution in [2.45, 2.75) is 6.04 Å². The largest absolute Gasteiger partial charge is 0.463 e. The van der Waals surface area contributed by atoms with E-state index >= 15 is 0 Å². The Hall–Kier alpha value is -3.17. The van der Waals surface area contributed by atoms with Gasteiger partial charge in [-0.05, 0) is 34.7 Å². The van der Waals surface area contributed by atoms with Crippen molar-refractivity contribution < 1.29 is 4.42 Å². The molecule has 4 heterocycles. The summed E-state index contributed by atoms with van der Waals surface area (Å²) < 4.78 is 7.03. The van der Waals surface area contributed by atoms with Crippen LogP contribution in [0.15, 0.2) is 45.8 Å². The fourth-order valence-corrected chi connectivity index (χ4v) is 3.66. The molecule has 134 valence electrons. The zero-order valence-electron chi connectivity index (χ0n) is 13.3. The smallest absolute Gasteiger partial charge is 0.288 e. The quantitative estimate of drug-likeness (QED) is 0.467. The highest BCUT2D eigenvalue weighted by Gasteiger charge is 2.35. The van der Waals surface area contributed by atoms with Crippen LogP contribution in [-0.4, -0.2) is 30.4 Å². The van der Waals surface area contributed by atoms with E-state index in [1.807, 2.05) is 0 Å². The topological polar surface area (TPSA) is 115 Å². The second-order valence-corrected chi connectivity index (χ2v) is 6.65. The van der Waals surface area contributed by atoms with E-state index in [4.69, 9.17) is 27.6 Å². The molecule has 4 aromatic rings. The van der Waals surface area contributed by atoms with Crippen molar-refractivity contribution in [2.24, 2.45) is 0 Å². The molecule has 27 heavy (non-hydrogen) atoms. The van der Waals surface area contributed by atoms with Crippen molar-refractivity contribution in [2.75, 3.05) is 5.32 Å². The van der Waals surface area contributed by atoms with Crippen LogP contribution in [0.25, 0.3) is 11.5 Å². The van der Waals surface area contributed by atoms with Gasteiger partial charge in [0.25, 0.3) is 5.56 Å². The minimum Gasteiger partial charge on any atom is -0.463 e. The van der Waals surface area contributed by atoms with E-state index in [2.05, 4.69) is 31.0 Å². The average Bonchev–Trinajstić information content (AvgIpc) is 3.33. The molecule has 0 fully saturated rings. The summed E-state index contributed by atoms with van der Waals surface area (Å²) in [5.74, 6) is 0.788. The fourth-order valence-electron chi connectivity index (χ4n) is 3.15. The Bertz CT molecular complexity index is 1220. The highest BCUT2D eigenvalue weighted by atomic mass is 35.5. The van der Waals surface area contributed by atoms with Gasteiger partial charge in [-0.2, -0.15) is 9.78 Å². The van der Waals surface area contributed by atoms with Crippen LogP contribution < -0.4 is 10.9 Å². The van der Waals surface area contributed by atoms with Gasteiger partial charge >= 0.3 is 0 Å². The van der Waals surface area contributed by atoms with Crippen molar-refractivity contribution in [3.05, 3.63) is 68.1 Å². The monoisotopic (exact) mass is 401 g/mol. The number of fused-ring (bicyclic) bond motifs is 2. The fraction of sp³-hybridized carbons (Fsp3) is 0.0625. The lowest BCUT2D eigenvalue weighted by molar-refractivity contribution is 0.554. The van der Waals surface area contributed by atoms with Gasteiger partial charge in [0.05, 0.1) is 6.26 Å². The number of aromatic amines is 1. The molecular weight excluding hydrogens is 393 g/mol. The number of aromatic nitrogens is 6. The van der Waals surface area contributed by atoms with Gasteiger partial charge in [-0.1, -0.05) is 34.4 Å². The molecule has 1 aliphatic rings. The summed E-state index contributed by atoms with van der Waals surface area (Å²) >= 11 is 12.5. The maximum Gasteiger partial charge on any atom is 0.288 e. The van der Waals surface area contributed by atoms with Gasteiger partial charge in [0.15, 0.2) is 5.76 Å². The predicted octanol–water partition coefficient (Wildman–Crippen LogP) is 3.02. The van der Waals surface area contributed by atoms with Crippen molar-refractivity contribution >= 4 is 34.8 Å². The molecule has 5 rings (SSSR count). The van der Waals surface area contributed by atoms with Crippen molar-refractivity contribution in [3.63, 3.8) is 0 Å². The average molecular weight is 402 g/mol. The Kier molecular flexibility index (Phi) is 3.52. The highest BCUT2D eigenvalue weighted by Crippen LogP contribution is 2.43. The maximum absolute atomic E-state index is 12.5. The number of hydrogen-bond donors (Lipinski definition) is 2. The van der Waals surface area contributed by atoms with Gasteiger partial charge in [-0.3, -0.25) is 4.79 Å². The zero-order valence-corrected chi connectivity index (χ0v) is 14.9. The maximum atomic E-state index is 12.5. The Morgan fingerprint density at radius 1 is 1.22 bits per heavy atom. The number of nitrogens with one attached hydrogen (secondary N) is 2. The second kappa shape index (κ2) is 5.93. The minimum atomic E-state index is -0.606. The summed E-state index contributed by atoms with van der Waals surface area (Å²) in [6.07, 6.45) is 1.53. The molecule has 0 aliphatic carbocycles. The molecule has 11 heteroatoms. The number of nitrogens with zero attached hydrogens (tertiary/aromatic N) is 5. The first-order chi connectivity index (χ1) is 13.1. The Labute approximate surface area is 160 Å². The molecule has 2 N–H and O–H groups in total. The Morgan fingerprint density at radius 2 is 2.11 bits per heavy atom. The van der Waals surface area contributed by atoms with Crippen LogP contribution in [-0.2, 0) is 0 Å². The molecule has 1 unspecified atom stereocenters. The standard InChI is InChI=1S/C16H9Cl2N7O2/c17-7-3-4-8(9(18)6-7)14-11-12(10-2-1-5-27-10)20-21-15(26)13(11)19-16-22-23-24-25(14)16/h1-6,14H,(H,21,26)(H,19,22,24). The molecule has 1 atom stereocenters. The van der Waals surface area contributed by atoms with E-state index in [1.54, 1.807) is 30.3 Å². The zero-order chi connectivity index (χ0) is 18.5. The summed E-state index contributed by atoms with van der Waals surface area (Å²) in [7, 11) is 0. The van der Waals surface area contributed by atoms with E-state index < -0.39 is 11.6 Å². The second-order valence-electron chi connectivity index (χ2n) is 5.81. The highest BCUT2D eigenvalue weighted by molar-refractivity contribution is 6.35. The normalized spacial score (nSPS) is 15.1. The molecular formula is C16H9Cl2N7O2. The van der Waals surface area contributed by atoms with Crippen LogP contribution in [0.1, 0.15) is 17.2 Å². The van der Waals surface area contributed by atoms with E-state index in [9.17, 15) is 4.79 Å².